The summed E-state index contributed by atoms with van der Waals surface area (Å²) >= 11 is 0. The predicted octanol–water partition coefficient (Wildman–Crippen LogP) is 3.94. The van der Waals surface area contributed by atoms with Gasteiger partial charge in [0.25, 0.3) is 11.6 Å². The van der Waals surface area contributed by atoms with E-state index >= 15 is 0 Å². The molecule has 6 nitrogen and oxygen atoms in total. The summed E-state index contributed by atoms with van der Waals surface area (Å²) in [6.07, 6.45) is -4.61. The first-order valence-electron chi connectivity index (χ1n) is 7.02. The molecule has 0 unspecified atom stereocenters. The number of hydrogen-bond acceptors (Lipinski definition) is 4. The van der Waals surface area contributed by atoms with E-state index in [0.717, 1.165) is 18.2 Å². The largest absolute Gasteiger partial charge is 0.483 e. The van der Waals surface area contributed by atoms with Crippen LogP contribution >= 0.6 is 0 Å². The van der Waals surface area contributed by atoms with Gasteiger partial charge in [0.15, 0.2) is 6.61 Å². The number of carbonyl (C=O) groups excluding carboxylic acids is 1. The molecule has 0 radical (unpaired) electrons. The maximum atomic E-state index is 12.8. The van der Waals surface area contributed by atoms with E-state index in [2.05, 4.69) is 5.32 Å². The number of non-ortho nitro benzene ring substituents is 1. The van der Waals surface area contributed by atoms with Gasteiger partial charge < -0.3 is 10.1 Å². The van der Waals surface area contributed by atoms with Gasteiger partial charge in [0, 0.05) is 12.1 Å². The Morgan fingerprint density at radius 2 is 1.92 bits per heavy atom. The first-order chi connectivity index (χ1) is 11.7. The summed E-state index contributed by atoms with van der Waals surface area (Å²) in [6, 6.07) is 8.41. The topological polar surface area (TPSA) is 81.5 Å². The number of benzene rings is 2. The van der Waals surface area contributed by atoms with Crippen molar-refractivity contribution >= 4 is 17.3 Å². The molecule has 0 aliphatic carbocycles. The number of rotatable bonds is 5. The molecule has 25 heavy (non-hydrogen) atoms. The molecule has 0 atom stereocenters. The first-order valence-corrected chi connectivity index (χ1v) is 7.02. The summed E-state index contributed by atoms with van der Waals surface area (Å²) in [5, 5.41) is 13.1. The van der Waals surface area contributed by atoms with Crippen LogP contribution in [0.5, 0.6) is 5.75 Å². The minimum Gasteiger partial charge on any atom is -0.483 e. The molecule has 0 saturated heterocycles. The van der Waals surface area contributed by atoms with Crippen LogP contribution < -0.4 is 10.1 Å². The zero-order valence-corrected chi connectivity index (χ0v) is 13.0. The van der Waals surface area contributed by atoms with Gasteiger partial charge in [0.1, 0.15) is 5.75 Å². The van der Waals surface area contributed by atoms with Crippen molar-refractivity contribution in [3.63, 3.8) is 0 Å². The van der Waals surface area contributed by atoms with E-state index in [1.54, 1.807) is 6.92 Å². The quantitative estimate of drug-likeness (QED) is 0.651. The molecule has 0 aliphatic rings. The molecule has 9 heteroatoms. The molecule has 2 aromatic rings. The molecule has 0 bridgehead atoms. The number of hydrogen-bond donors (Lipinski definition) is 1. The molecule has 0 heterocycles. The monoisotopic (exact) mass is 354 g/mol. The van der Waals surface area contributed by atoms with Gasteiger partial charge in [-0.1, -0.05) is 18.2 Å². The van der Waals surface area contributed by atoms with Crippen molar-refractivity contribution in [2.75, 3.05) is 11.9 Å². The number of alkyl halides is 3. The van der Waals surface area contributed by atoms with E-state index in [9.17, 15) is 28.1 Å². The zero-order valence-electron chi connectivity index (χ0n) is 13.0. The van der Waals surface area contributed by atoms with Gasteiger partial charge in [-0.15, -0.1) is 0 Å². The van der Waals surface area contributed by atoms with Crippen molar-refractivity contribution in [1.29, 1.82) is 0 Å². The highest BCUT2D eigenvalue weighted by molar-refractivity contribution is 5.93. The Hall–Kier alpha value is -3.10. The van der Waals surface area contributed by atoms with Gasteiger partial charge in [-0.2, -0.15) is 13.2 Å². The van der Waals surface area contributed by atoms with E-state index < -0.39 is 34.9 Å². The number of aryl methyl sites for hydroxylation is 1. The van der Waals surface area contributed by atoms with Crippen LogP contribution in [0.15, 0.2) is 42.5 Å². The van der Waals surface area contributed by atoms with Crippen molar-refractivity contribution in [3.05, 3.63) is 63.7 Å². The van der Waals surface area contributed by atoms with Crippen LogP contribution in [-0.2, 0) is 11.0 Å². The lowest BCUT2D eigenvalue weighted by molar-refractivity contribution is -0.384. The van der Waals surface area contributed by atoms with E-state index in [1.807, 2.05) is 0 Å². The normalized spacial score (nSPS) is 11.0. The highest BCUT2D eigenvalue weighted by Gasteiger charge is 2.34. The lowest BCUT2D eigenvalue weighted by Crippen LogP contribution is -2.21. The highest BCUT2D eigenvalue weighted by atomic mass is 19.4. The molecule has 0 spiro atoms. The Bertz CT molecular complexity index is 806. The molecule has 132 valence electrons. The summed E-state index contributed by atoms with van der Waals surface area (Å²) in [5.74, 6) is -1.21. The van der Waals surface area contributed by atoms with Crippen LogP contribution in [0.2, 0.25) is 0 Å². The summed E-state index contributed by atoms with van der Waals surface area (Å²) in [7, 11) is 0. The fourth-order valence-corrected chi connectivity index (χ4v) is 2.01. The van der Waals surface area contributed by atoms with Crippen molar-refractivity contribution in [1.82, 2.24) is 0 Å². The number of nitro benzene ring substituents is 1. The van der Waals surface area contributed by atoms with E-state index in [-0.39, 0.29) is 11.4 Å². The van der Waals surface area contributed by atoms with E-state index in [0.29, 0.717) is 5.56 Å². The minimum absolute atomic E-state index is 0.187. The molecule has 0 aliphatic heterocycles. The SMILES string of the molecule is Cc1ccc([N+](=O)[O-])cc1NC(=O)COc1ccccc1C(F)(F)F. The number of nitrogens with zero attached hydrogens (tertiary/aromatic N) is 1. The van der Waals surface area contributed by atoms with Gasteiger partial charge in [0.2, 0.25) is 0 Å². The molecule has 1 N–H and O–H groups in total. The number of ether oxygens (including phenoxy) is 1. The predicted molar refractivity (Wildman–Crippen MR) is 83.4 cm³/mol. The first kappa shape index (κ1) is 18.2. The van der Waals surface area contributed by atoms with E-state index in [1.165, 1.54) is 24.3 Å². The summed E-state index contributed by atoms with van der Waals surface area (Å²) in [4.78, 5) is 22.0. The zero-order chi connectivity index (χ0) is 18.6. The number of nitro groups is 1. The fraction of sp³-hybridized carbons (Fsp3) is 0.188. The maximum absolute atomic E-state index is 12.8. The lowest BCUT2D eigenvalue weighted by atomic mass is 10.2. The second kappa shape index (κ2) is 7.20. The van der Waals surface area contributed by atoms with Crippen molar-refractivity contribution in [2.24, 2.45) is 0 Å². The van der Waals surface area contributed by atoms with Gasteiger partial charge in [-0.3, -0.25) is 14.9 Å². The Balaban J connectivity index is 2.08. The number of nitrogens with one attached hydrogen (secondary N) is 1. The lowest BCUT2D eigenvalue weighted by Gasteiger charge is -2.14. The number of anilines is 1. The number of amides is 1. The number of carbonyl (C=O) groups is 1. The van der Waals surface area contributed by atoms with Gasteiger partial charge in [0.05, 0.1) is 16.2 Å². The molecular weight excluding hydrogens is 341 g/mol. The second-order valence-electron chi connectivity index (χ2n) is 5.09. The third kappa shape index (κ3) is 4.69. The third-order valence-corrected chi connectivity index (χ3v) is 3.26. The molecule has 2 aromatic carbocycles. The third-order valence-electron chi connectivity index (χ3n) is 3.26. The minimum atomic E-state index is -4.61. The van der Waals surface area contributed by atoms with Gasteiger partial charge >= 0.3 is 6.18 Å². The van der Waals surface area contributed by atoms with Crippen LogP contribution in [-0.4, -0.2) is 17.4 Å². The summed E-state index contributed by atoms with van der Waals surface area (Å²) in [5.41, 5.74) is -0.458. The molecule has 1 amide bonds. The van der Waals surface area contributed by atoms with Gasteiger partial charge in [-0.05, 0) is 24.6 Å². The van der Waals surface area contributed by atoms with Crippen LogP contribution in [0.25, 0.3) is 0 Å². The van der Waals surface area contributed by atoms with Crippen LogP contribution in [0.4, 0.5) is 24.5 Å². The van der Waals surface area contributed by atoms with Crippen molar-refractivity contribution in [3.8, 4) is 5.75 Å². The molecule has 2 rings (SSSR count). The van der Waals surface area contributed by atoms with Crippen LogP contribution in [0.1, 0.15) is 11.1 Å². The van der Waals surface area contributed by atoms with E-state index in [4.69, 9.17) is 4.74 Å². The van der Waals surface area contributed by atoms with Crippen molar-refractivity contribution in [2.45, 2.75) is 13.1 Å². The second-order valence-corrected chi connectivity index (χ2v) is 5.09. The van der Waals surface area contributed by atoms with Crippen LogP contribution in [0, 0.1) is 17.0 Å². The Kier molecular flexibility index (Phi) is 5.26. The summed E-state index contributed by atoms with van der Waals surface area (Å²) < 4.78 is 43.5. The average Bonchev–Trinajstić information content (AvgIpc) is 2.54. The Labute approximate surface area is 140 Å². The fourth-order valence-electron chi connectivity index (χ4n) is 2.01. The number of halogens is 3. The molecule has 0 aromatic heterocycles. The average molecular weight is 354 g/mol. The number of para-hydroxylation sites is 1. The van der Waals surface area contributed by atoms with Crippen LogP contribution in [0.3, 0.4) is 0 Å². The molecule has 0 saturated carbocycles. The Morgan fingerprint density at radius 1 is 1.24 bits per heavy atom. The smallest absolute Gasteiger partial charge is 0.419 e. The Morgan fingerprint density at radius 3 is 2.56 bits per heavy atom. The molecular formula is C16H13F3N2O4. The maximum Gasteiger partial charge on any atom is 0.419 e. The summed E-state index contributed by atoms with van der Waals surface area (Å²) in [6.45, 7) is 0.953. The standard InChI is InChI=1S/C16H13F3N2O4/c1-10-6-7-11(21(23)24)8-13(10)20-15(22)9-25-14-5-3-2-4-12(14)16(17,18)19/h2-8H,9H2,1H3,(H,20,22). The molecule has 0 fully saturated rings. The highest BCUT2D eigenvalue weighted by Crippen LogP contribution is 2.35. The van der Waals surface area contributed by atoms with Crippen molar-refractivity contribution < 1.29 is 27.6 Å². The van der Waals surface area contributed by atoms with Gasteiger partial charge in [-0.25, -0.2) is 0 Å².